The predicted molar refractivity (Wildman–Crippen MR) is 117 cm³/mol. The average Bonchev–Trinajstić information content (AvgIpc) is 3.39. The van der Waals surface area contributed by atoms with Crippen molar-refractivity contribution in [2.75, 3.05) is 11.9 Å². The second-order valence-electron chi connectivity index (χ2n) is 7.86. The predicted octanol–water partition coefficient (Wildman–Crippen LogP) is 5.80. The minimum atomic E-state index is -4.59. The standard InChI is InChI=1S/C24H19F4N5/c1-3-29-19-9-15(25)8-17-16(19)10-20-22(17)23(33-7-6-21(32-33)24(26,27)28)18(12-31-20)14-5-4-13(2)30-11-14/h4-9,11-12,29H,3,10H2,1-2H3. The molecule has 1 aliphatic carbocycles. The first-order chi connectivity index (χ1) is 15.8. The molecule has 1 aliphatic rings. The van der Waals surface area contributed by atoms with Gasteiger partial charge < -0.3 is 5.32 Å². The number of hydrogen-bond donors (Lipinski definition) is 1. The molecule has 9 heteroatoms. The number of aromatic nitrogens is 4. The lowest BCUT2D eigenvalue weighted by molar-refractivity contribution is -0.141. The van der Waals surface area contributed by atoms with Crippen LogP contribution in [-0.2, 0) is 12.6 Å². The molecule has 4 aromatic rings. The van der Waals surface area contributed by atoms with Gasteiger partial charge in [-0.2, -0.15) is 18.3 Å². The van der Waals surface area contributed by atoms with Gasteiger partial charge in [0.15, 0.2) is 5.69 Å². The Labute approximate surface area is 187 Å². The third-order valence-corrected chi connectivity index (χ3v) is 5.66. The maximum absolute atomic E-state index is 14.6. The van der Waals surface area contributed by atoms with E-state index >= 15 is 0 Å². The van der Waals surface area contributed by atoms with Gasteiger partial charge in [0.25, 0.3) is 0 Å². The molecule has 0 fully saturated rings. The van der Waals surface area contributed by atoms with Crippen LogP contribution in [0.2, 0.25) is 0 Å². The zero-order valence-electron chi connectivity index (χ0n) is 17.8. The van der Waals surface area contributed by atoms with Crippen LogP contribution in [0.4, 0.5) is 23.2 Å². The number of benzene rings is 1. The lowest BCUT2D eigenvalue weighted by Crippen LogP contribution is -2.09. The van der Waals surface area contributed by atoms with Crippen molar-refractivity contribution in [2.45, 2.75) is 26.4 Å². The highest BCUT2D eigenvalue weighted by atomic mass is 19.4. The fourth-order valence-corrected chi connectivity index (χ4v) is 4.20. The Hall–Kier alpha value is -3.75. The maximum atomic E-state index is 14.6. The molecule has 0 radical (unpaired) electrons. The van der Waals surface area contributed by atoms with E-state index in [1.54, 1.807) is 12.4 Å². The monoisotopic (exact) mass is 453 g/mol. The molecule has 0 saturated carbocycles. The number of hydrogen-bond acceptors (Lipinski definition) is 4. The number of fused-ring (bicyclic) bond motifs is 3. The van der Waals surface area contributed by atoms with Crippen molar-refractivity contribution in [3.63, 3.8) is 0 Å². The summed E-state index contributed by atoms with van der Waals surface area (Å²) in [5.74, 6) is -0.442. The second kappa shape index (κ2) is 7.68. The summed E-state index contributed by atoms with van der Waals surface area (Å²) in [6, 6.07) is 7.39. The van der Waals surface area contributed by atoms with Crippen LogP contribution in [0.25, 0.3) is 27.9 Å². The smallest absolute Gasteiger partial charge is 0.385 e. The number of nitrogens with one attached hydrogen (secondary N) is 1. The number of halogens is 4. The molecule has 3 heterocycles. The Balaban J connectivity index is 1.81. The van der Waals surface area contributed by atoms with Crippen LogP contribution in [0.3, 0.4) is 0 Å². The molecule has 0 unspecified atom stereocenters. The van der Waals surface area contributed by atoms with E-state index in [-0.39, 0.29) is 0 Å². The van der Waals surface area contributed by atoms with Crippen LogP contribution in [0.15, 0.2) is 48.9 Å². The molecule has 5 nitrogen and oxygen atoms in total. The number of anilines is 1. The average molecular weight is 453 g/mol. The fraction of sp³-hybridized carbons (Fsp3) is 0.208. The van der Waals surface area contributed by atoms with E-state index in [1.165, 1.54) is 23.0 Å². The molecule has 33 heavy (non-hydrogen) atoms. The molecule has 1 N–H and O–H groups in total. The van der Waals surface area contributed by atoms with Crippen LogP contribution in [-0.4, -0.2) is 26.3 Å². The molecule has 0 spiro atoms. The van der Waals surface area contributed by atoms with Crippen molar-refractivity contribution in [2.24, 2.45) is 0 Å². The lowest BCUT2D eigenvalue weighted by Gasteiger charge is -2.16. The van der Waals surface area contributed by atoms with Crippen molar-refractivity contribution in [3.8, 4) is 27.9 Å². The number of alkyl halides is 3. The summed E-state index contributed by atoms with van der Waals surface area (Å²) < 4.78 is 55.8. The highest BCUT2D eigenvalue weighted by Gasteiger charge is 2.35. The molecular weight excluding hydrogens is 434 g/mol. The van der Waals surface area contributed by atoms with Gasteiger partial charge in [0, 0.05) is 59.6 Å². The Morgan fingerprint density at radius 1 is 1.06 bits per heavy atom. The molecule has 0 aliphatic heterocycles. The van der Waals surface area contributed by atoms with Gasteiger partial charge in [-0.3, -0.25) is 9.97 Å². The highest BCUT2D eigenvalue weighted by molar-refractivity contribution is 5.91. The van der Waals surface area contributed by atoms with Crippen molar-refractivity contribution in [3.05, 3.63) is 77.4 Å². The van der Waals surface area contributed by atoms with Crippen LogP contribution < -0.4 is 5.32 Å². The quantitative estimate of drug-likeness (QED) is 0.350. The summed E-state index contributed by atoms with van der Waals surface area (Å²) in [6.45, 7) is 4.35. The molecule has 0 amide bonds. The zero-order chi connectivity index (χ0) is 23.3. The largest absolute Gasteiger partial charge is 0.435 e. The SMILES string of the molecule is CCNc1cc(F)cc2c1Cc1ncc(-c3ccc(C)nc3)c(-n3ccc(C(F)(F)F)n3)c1-2. The van der Waals surface area contributed by atoms with Gasteiger partial charge in [0.1, 0.15) is 5.82 Å². The Kier molecular flexibility index (Phi) is 4.92. The van der Waals surface area contributed by atoms with Gasteiger partial charge in [0.05, 0.1) is 11.4 Å². The number of rotatable bonds is 4. The van der Waals surface area contributed by atoms with E-state index in [0.717, 1.165) is 17.3 Å². The summed E-state index contributed by atoms with van der Waals surface area (Å²) in [5.41, 5.74) is 4.74. The number of nitrogens with zero attached hydrogens (tertiary/aromatic N) is 4. The lowest BCUT2D eigenvalue weighted by atomic mass is 9.99. The van der Waals surface area contributed by atoms with Crippen LogP contribution in [0.1, 0.15) is 29.6 Å². The molecule has 1 aromatic carbocycles. The van der Waals surface area contributed by atoms with Crippen molar-refractivity contribution >= 4 is 5.69 Å². The fourth-order valence-electron chi connectivity index (χ4n) is 4.20. The van der Waals surface area contributed by atoms with Crippen molar-refractivity contribution in [1.29, 1.82) is 0 Å². The van der Waals surface area contributed by atoms with Gasteiger partial charge in [-0.15, -0.1) is 0 Å². The summed E-state index contributed by atoms with van der Waals surface area (Å²) in [5, 5.41) is 6.99. The summed E-state index contributed by atoms with van der Waals surface area (Å²) in [4.78, 5) is 8.92. The first-order valence-electron chi connectivity index (χ1n) is 10.4. The number of pyridine rings is 2. The van der Waals surface area contributed by atoms with E-state index in [0.29, 0.717) is 52.3 Å². The van der Waals surface area contributed by atoms with Crippen LogP contribution >= 0.6 is 0 Å². The summed E-state index contributed by atoms with van der Waals surface area (Å²) in [7, 11) is 0. The van der Waals surface area contributed by atoms with E-state index in [9.17, 15) is 17.6 Å². The topological polar surface area (TPSA) is 55.6 Å². The van der Waals surface area contributed by atoms with Gasteiger partial charge >= 0.3 is 6.18 Å². The van der Waals surface area contributed by atoms with E-state index in [1.807, 2.05) is 26.0 Å². The molecule has 3 aromatic heterocycles. The van der Waals surface area contributed by atoms with Gasteiger partial charge in [-0.05, 0) is 49.2 Å². The van der Waals surface area contributed by atoms with Gasteiger partial charge in [0.2, 0.25) is 0 Å². The third kappa shape index (κ3) is 3.63. The van der Waals surface area contributed by atoms with E-state index in [2.05, 4.69) is 20.4 Å². The van der Waals surface area contributed by atoms with Crippen molar-refractivity contribution < 1.29 is 17.6 Å². The van der Waals surface area contributed by atoms with Gasteiger partial charge in [-0.1, -0.05) is 6.07 Å². The van der Waals surface area contributed by atoms with Crippen molar-refractivity contribution in [1.82, 2.24) is 19.7 Å². The first-order valence-corrected chi connectivity index (χ1v) is 10.4. The maximum Gasteiger partial charge on any atom is 0.435 e. The van der Waals surface area contributed by atoms with Gasteiger partial charge in [-0.25, -0.2) is 9.07 Å². The minimum Gasteiger partial charge on any atom is -0.385 e. The minimum absolute atomic E-state index is 0.410. The molecule has 0 atom stereocenters. The Morgan fingerprint density at radius 2 is 1.88 bits per heavy atom. The first kappa shape index (κ1) is 21.1. The molecular formula is C24H19F4N5. The Morgan fingerprint density at radius 3 is 2.55 bits per heavy atom. The molecule has 168 valence electrons. The van der Waals surface area contributed by atoms with Crippen LogP contribution in [0.5, 0.6) is 0 Å². The second-order valence-corrected chi connectivity index (χ2v) is 7.86. The molecule has 5 rings (SSSR count). The van der Waals surface area contributed by atoms with Crippen LogP contribution in [0, 0.1) is 12.7 Å². The summed E-state index contributed by atoms with van der Waals surface area (Å²) >= 11 is 0. The van der Waals surface area contributed by atoms with E-state index < -0.39 is 17.7 Å². The van der Waals surface area contributed by atoms with E-state index in [4.69, 9.17) is 0 Å². The molecule has 0 bridgehead atoms. The highest BCUT2D eigenvalue weighted by Crippen LogP contribution is 2.46. The normalized spacial score (nSPS) is 12.5. The third-order valence-electron chi connectivity index (χ3n) is 5.66. The zero-order valence-corrected chi connectivity index (χ0v) is 17.8. The number of aryl methyl sites for hydroxylation is 1. The molecule has 0 saturated heterocycles. The summed E-state index contributed by atoms with van der Waals surface area (Å²) in [6.07, 6.45) is 0.369. The Bertz CT molecular complexity index is 1360.